The molecule has 0 fully saturated rings. The highest BCUT2D eigenvalue weighted by Crippen LogP contribution is 2.43. The van der Waals surface area contributed by atoms with Gasteiger partial charge in [0, 0.05) is 54.9 Å². The maximum atomic E-state index is 6.60. The first-order chi connectivity index (χ1) is 29.8. The Morgan fingerprint density at radius 3 is 1.55 bits per heavy atom. The van der Waals surface area contributed by atoms with Crippen molar-refractivity contribution in [2.24, 2.45) is 0 Å². The summed E-state index contributed by atoms with van der Waals surface area (Å²) in [4.78, 5) is 0. The molecule has 4 aromatic heterocycles. The van der Waals surface area contributed by atoms with Crippen LogP contribution in [0.4, 0.5) is 0 Å². The van der Waals surface area contributed by atoms with E-state index in [4.69, 9.17) is 4.42 Å². The number of benzene rings is 9. The second-order valence-corrected chi connectivity index (χ2v) is 15.7. The first-order valence-corrected chi connectivity index (χ1v) is 20.5. The van der Waals surface area contributed by atoms with Gasteiger partial charge in [0.25, 0.3) is 0 Å². The van der Waals surface area contributed by atoms with E-state index in [2.05, 4.69) is 220 Å². The largest absolute Gasteiger partial charge is 0.439 e. The highest BCUT2D eigenvalue weighted by molar-refractivity contribution is 6.22. The van der Waals surface area contributed by atoms with Crippen LogP contribution in [0.2, 0.25) is 0 Å². The predicted octanol–water partition coefficient (Wildman–Crippen LogP) is 15.1. The van der Waals surface area contributed by atoms with E-state index in [-0.39, 0.29) is 0 Å². The van der Waals surface area contributed by atoms with Gasteiger partial charge in [0.2, 0.25) is 5.71 Å². The van der Waals surface area contributed by atoms with Crippen molar-refractivity contribution < 1.29 is 4.42 Å². The van der Waals surface area contributed by atoms with E-state index in [9.17, 15) is 0 Å². The number of para-hydroxylation sites is 6. The standard InChI is InChI=1S/C56H35N3O/c1-2-15-39(16-3-1)59-55-42(22-13-23-47(55)54-46-21-7-11-27-53(46)60-56(54)59)37-30-28-36(29-31-37)38-14-12-17-40(34-38)57-51-26-10-6-20-45(51)48-35-41(32-33-52(48)57)58-49-24-8-4-18-43(49)44-19-5-9-25-50(44)58/h1-35H. The molecule has 0 radical (unpaired) electrons. The highest BCUT2D eigenvalue weighted by Gasteiger charge is 2.22. The summed E-state index contributed by atoms with van der Waals surface area (Å²) in [5, 5.41) is 8.46. The van der Waals surface area contributed by atoms with Gasteiger partial charge < -0.3 is 13.6 Å². The maximum Gasteiger partial charge on any atom is 0.213 e. The first kappa shape index (κ1) is 32.9. The molecule has 0 amide bonds. The van der Waals surface area contributed by atoms with E-state index in [1.165, 1.54) is 60.1 Å². The lowest BCUT2D eigenvalue weighted by Crippen LogP contribution is -1.96. The molecule has 4 heterocycles. The maximum absolute atomic E-state index is 6.60. The molecule has 0 unspecified atom stereocenters. The number of fused-ring (bicyclic) bond motifs is 11. The molecule has 0 saturated heterocycles. The van der Waals surface area contributed by atoms with E-state index >= 15 is 0 Å². The third kappa shape index (κ3) is 4.73. The molecular weight excluding hydrogens is 731 g/mol. The minimum Gasteiger partial charge on any atom is -0.439 e. The molecule has 13 rings (SSSR count). The highest BCUT2D eigenvalue weighted by atomic mass is 16.3. The summed E-state index contributed by atoms with van der Waals surface area (Å²) in [6, 6.07) is 76.6. The monoisotopic (exact) mass is 765 g/mol. The molecule has 0 atom stereocenters. The molecule has 0 bridgehead atoms. The van der Waals surface area contributed by atoms with Crippen molar-refractivity contribution in [2.45, 2.75) is 0 Å². The molecule has 60 heavy (non-hydrogen) atoms. The fourth-order valence-electron chi connectivity index (χ4n) is 9.84. The van der Waals surface area contributed by atoms with Crippen LogP contribution in [0.15, 0.2) is 217 Å². The molecule has 0 saturated carbocycles. The quantitative estimate of drug-likeness (QED) is 0.171. The molecular formula is C56H35N3O. The number of hydrogen-bond acceptors (Lipinski definition) is 1. The first-order valence-electron chi connectivity index (χ1n) is 20.5. The second kappa shape index (κ2) is 12.7. The lowest BCUT2D eigenvalue weighted by Gasteiger charge is -2.13. The smallest absolute Gasteiger partial charge is 0.213 e. The van der Waals surface area contributed by atoms with Crippen LogP contribution in [-0.4, -0.2) is 13.7 Å². The molecule has 0 spiro atoms. The molecule has 9 aromatic carbocycles. The van der Waals surface area contributed by atoms with Gasteiger partial charge in [-0.2, -0.15) is 0 Å². The number of aromatic nitrogens is 3. The van der Waals surface area contributed by atoms with Crippen LogP contribution < -0.4 is 0 Å². The SMILES string of the molecule is c1ccc(-n2c3oc4ccccc4c3c3cccc(-c4ccc(-c5cccc(-n6c7ccccc7c7cc(-n8c9ccccc9c9ccccc98)ccc76)c5)cc4)c32)cc1. The zero-order valence-corrected chi connectivity index (χ0v) is 32.5. The number of nitrogens with zero attached hydrogens (tertiary/aromatic N) is 3. The Kier molecular flexibility index (Phi) is 6.98. The molecule has 0 aliphatic rings. The summed E-state index contributed by atoms with van der Waals surface area (Å²) >= 11 is 0. The van der Waals surface area contributed by atoms with E-state index in [0.29, 0.717) is 0 Å². The number of rotatable bonds is 5. The lowest BCUT2D eigenvalue weighted by molar-refractivity contribution is 0.645. The van der Waals surface area contributed by atoms with Crippen molar-refractivity contribution >= 4 is 76.6 Å². The van der Waals surface area contributed by atoms with Gasteiger partial charge in [-0.15, -0.1) is 0 Å². The van der Waals surface area contributed by atoms with Gasteiger partial charge in [0.05, 0.1) is 33.0 Å². The van der Waals surface area contributed by atoms with Gasteiger partial charge in [-0.1, -0.05) is 146 Å². The van der Waals surface area contributed by atoms with Crippen molar-refractivity contribution in [3.63, 3.8) is 0 Å². The summed E-state index contributed by atoms with van der Waals surface area (Å²) < 4.78 is 13.7. The summed E-state index contributed by atoms with van der Waals surface area (Å²) in [5.41, 5.74) is 15.7. The predicted molar refractivity (Wildman–Crippen MR) is 250 cm³/mol. The Labute approximate surface area is 345 Å². The van der Waals surface area contributed by atoms with Crippen molar-refractivity contribution in [1.29, 1.82) is 0 Å². The summed E-state index contributed by atoms with van der Waals surface area (Å²) in [6.45, 7) is 0. The Hall–Kier alpha value is -8.08. The summed E-state index contributed by atoms with van der Waals surface area (Å²) in [5.74, 6) is 0. The van der Waals surface area contributed by atoms with Crippen LogP contribution in [0.1, 0.15) is 0 Å². The molecule has 0 aliphatic heterocycles. The molecule has 0 N–H and O–H groups in total. The van der Waals surface area contributed by atoms with Crippen molar-refractivity contribution in [1.82, 2.24) is 13.7 Å². The lowest BCUT2D eigenvalue weighted by atomic mass is 9.98. The number of furan rings is 1. The van der Waals surface area contributed by atoms with E-state index < -0.39 is 0 Å². The average molecular weight is 766 g/mol. The molecule has 4 heteroatoms. The minimum atomic E-state index is 0.867. The Balaban J connectivity index is 0.926. The van der Waals surface area contributed by atoms with Crippen molar-refractivity contribution in [3.8, 4) is 39.3 Å². The van der Waals surface area contributed by atoms with Crippen LogP contribution >= 0.6 is 0 Å². The van der Waals surface area contributed by atoms with Gasteiger partial charge >= 0.3 is 0 Å². The van der Waals surface area contributed by atoms with E-state index in [1.807, 2.05) is 6.07 Å². The zero-order chi connectivity index (χ0) is 39.3. The van der Waals surface area contributed by atoms with Gasteiger partial charge in [0.1, 0.15) is 5.58 Å². The fourth-order valence-corrected chi connectivity index (χ4v) is 9.84. The topological polar surface area (TPSA) is 27.9 Å². The fraction of sp³-hybridized carbons (Fsp3) is 0. The van der Waals surface area contributed by atoms with Crippen LogP contribution in [0.25, 0.3) is 116 Å². The van der Waals surface area contributed by atoms with E-state index in [1.54, 1.807) is 0 Å². The van der Waals surface area contributed by atoms with Crippen LogP contribution in [0.5, 0.6) is 0 Å². The van der Waals surface area contributed by atoms with Crippen molar-refractivity contribution in [2.75, 3.05) is 0 Å². The third-order valence-corrected chi connectivity index (χ3v) is 12.5. The summed E-state index contributed by atoms with van der Waals surface area (Å²) in [6.07, 6.45) is 0. The average Bonchev–Trinajstić information content (AvgIpc) is 4.05. The second-order valence-electron chi connectivity index (χ2n) is 15.7. The molecule has 4 nitrogen and oxygen atoms in total. The number of hydrogen-bond donors (Lipinski definition) is 0. The van der Waals surface area contributed by atoms with Crippen LogP contribution in [0, 0.1) is 0 Å². The Morgan fingerprint density at radius 2 is 0.833 bits per heavy atom. The van der Waals surface area contributed by atoms with Crippen LogP contribution in [0.3, 0.4) is 0 Å². The third-order valence-electron chi connectivity index (χ3n) is 12.5. The normalized spacial score (nSPS) is 12.0. The minimum absolute atomic E-state index is 0.867. The molecule has 0 aliphatic carbocycles. The molecule has 280 valence electrons. The van der Waals surface area contributed by atoms with Crippen molar-refractivity contribution in [3.05, 3.63) is 212 Å². The van der Waals surface area contributed by atoms with Gasteiger partial charge in [-0.3, -0.25) is 4.57 Å². The molecule has 13 aromatic rings. The zero-order valence-electron chi connectivity index (χ0n) is 32.5. The van der Waals surface area contributed by atoms with Gasteiger partial charge in [0.15, 0.2) is 0 Å². The Bertz CT molecular complexity index is 3770. The van der Waals surface area contributed by atoms with Gasteiger partial charge in [-0.25, -0.2) is 0 Å². The Morgan fingerprint density at radius 1 is 0.300 bits per heavy atom. The van der Waals surface area contributed by atoms with E-state index in [0.717, 1.165) is 55.8 Å². The van der Waals surface area contributed by atoms with Gasteiger partial charge in [-0.05, 0) is 83.4 Å². The van der Waals surface area contributed by atoms with Crippen LogP contribution in [-0.2, 0) is 0 Å². The summed E-state index contributed by atoms with van der Waals surface area (Å²) in [7, 11) is 0.